The maximum Gasteiger partial charge on any atom is 0.0547 e. The van der Waals surface area contributed by atoms with Crippen LogP contribution in [-0.2, 0) is 10.8 Å². The highest BCUT2D eigenvalue weighted by Crippen LogP contribution is 2.52. The van der Waals surface area contributed by atoms with E-state index in [1.807, 2.05) is 0 Å². The van der Waals surface area contributed by atoms with Gasteiger partial charge in [-0.05, 0) is 150 Å². The molecule has 0 N–H and O–H groups in total. The van der Waals surface area contributed by atoms with Crippen LogP contribution < -0.4 is 4.90 Å². The van der Waals surface area contributed by atoms with Crippen LogP contribution in [0.2, 0.25) is 0 Å². The summed E-state index contributed by atoms with van der Waals surface area (Å²) in [6.45, 7) is 9.44. The molecule has 314 valence electrons. The fourth-order valence-corrected chi connectivity index (χ4v) is 11.6. The third-order valence-corrected chi connectivity index (χ3v) is 15.0. The maximum absolute atomic E-state index is 2.43. The van der Waals surface area contributed by atoms with E-state index in [2.05, 4.69) is 256 Å². The summed E-state index contributed by atoms with van der Waals surface area (Å²) in [6.07, 6.45) is 0. The third-order valence-electron chi connectivity index (χ3n) is 15.0. The minimum absolute atomic E-state index is 0.0486. The maximum atomic E-state index is 2.43. The van der Waals surface area contributed by atoms with E-state index in [9.17, 15) is 0 Å². The van der Waals surface area contributed by atoms with Crippen molar-refractivity contribution in [3.63, 3.8) is 0 Å². The number of nitrogens with zero attached hydrogens (tertiary/aromatic N) is 2. The number of hydrogen-bond acceptors (Lipinski definition) is 1. The van der Waals surface area contributed by atoms with Crippen LogP contribution in [0.4, 0.5) is 17.1 Å². The molecular formula is C64H48N2. The first-order chi connectivity index (χ1) is 32.2. The zero-order chi connectivity index (χ0) is 44.3. The Hall–Kier alpha value is -7.94. The zero-order valence-electron chi connectivity index (χ0n) is 37.7. The molecule has 0 saturated carbocycles. The minimum atomic E-state index is -0.115. The molecule has 1 aromatic heterocycles. The van der Waals surface area contributed by atoms with Gasteiger partial charge in [0.15, 0.2) is 0 Å². The van der Waals surface area contributed by atoms with Gasteiger partial charge >= 0.3 is 0 Å². The Balaban J connectivity index is 0.916. The molecule has 0 fully saturated rings. The molecule has 2 aliphatic carbocycles. The zero-order valence-corrected chi connectivity index (χ0v) is 37.7. The van der Waals surface area contributed by atoms with E-state index in [4.69, 9.17) is 0 Å². The molecule has 0 amide bonds. The molecule has 66 heavy (non-hydrogen) atoms. The predicted octanol–water partition coefficient (Wildman–Crippen LogP) is 17.4. The second kappa shape index (κ2) is 14.3. The average molecular weight is 845 g/mol. The van der Waals surface area contributed by atoms with Gasteiger partial charge < -0.3 is 9.47 Å². The molecule has 0 spiro atoms. The first-order valence-electron chi connectivity index (χ1n) is 23.3. The van der Waals surface area contributed by atoms with Crippen LogP contribution in [0.15, 0.2) is 218 Å². The third kappa shape index (κ3) is 5.67. The highest BCUT2D eigenvalue weighted by atomic mass is 15.1. The van der Waals surface area contributed by atoms with Crippen molar-refractivity contribution < 1.29 is 0 Å². The van der Waals surface area contributed by atoms with Crippen LogP contribution in [0, 0.1) is 0 Å². The molecular weight excluding hydrogens is 797 g/mol. The molecule has 2 heteroatoms. The minimum Gasteiger partial charge on any atom is -0.310 e. The van der Waals surface area contributed by atoms with Gasteiger partial charge in [0.2, 0.25) is 0 Å². The molecule has 13 rings (SSSR count). The number of aromatic nitrogens is 1. The van der Waals surface area contributed by atoms with Gasteiger partial charge in [-0.3, -0.25) is 0 Å². The number of para-hydroxylation sites is 1. The lowest BCUT2D eigenvalue weighted by Crippen LogP contribution is -2.16. The predicted molar refractivity (Wildman–Crippen MR) is 279 cm³/mol. The normalized spacial score (nSPS) is 14.0. The first kappa shape index (κ1) is 38.5. The smallest absolute Gasteiger partial charge is 0.0547 e. The summed E-state index contributed by atoms with van der Waals surface area (Å²) in [5.41, 5.74) is 22.5. The van der Waals surface area contributed by atoms with Gasteiger partial charge in [-0.1, -0.05) is 173 Å². The number of rotatable bonds is 6. The van der Waals surface area contributed by atoms with Crippen LogP contribution in [0.5, 0.6) is 0 Å². The Morgan fingerprint density at radius 3 is 1.48 bits per heavy atom. The van der Waals surface area contributed by atoms with Crippen LogP contribution in [0.3, 0.4) is 0 Å². The lowest BCUT2D eigenvalue weighted by atomic mass is 9.81. The molecule has 2 nitrogen and oxygen atoms in total. The number of hydrogen-bond donors (Lipinski definition) is 0. The SMILES string of the molecule is CC1(C)c2ccccc2-c2ccc(-c3ccc(N(c4ccc(-c5ccc6c(c5)c5c7ccccc7ccc5n6-c5ccccc5)cc4)c4ccc5c(c4)C(C)(C)c4ccccc4-5)cc3)cc21. The van der Waals surface area contributed by atoms with Gasteiger partial charge in [0.1, 0.15) is 0 Å². The summed E-state index contributed by atoms with van der Waals surface area (Å²) in [6, 6.07) is 81.3. The van der Waals surface area contributed by atoms with Crippen molar-refractivity contribution in [2.45, 2.75) is 38.5 Å². The molecule has 10 aromatic carbocycles. The van der Waals surface area contributed by atoms with Crippen molar-refractivity contribution in [1.82, 2.24) is 4.57 Å². The second-order valence-corrected chi connectivity index (χ2v) is 19.3. The lowest BCUT2D eigenvalue weighted by Gasteiger charge is -2.28. The summed E-state index contributed by atoms with van der Waals surface area (Å²) in [7, 11) is 0. The number of anilines is 3. The van der Waals surface area contributed by atoms with Gasteiger partial charge in [-0.15, -0.1) is 0 Å². The molecule has 0 atom stereocenters. The number of benzene rings is 10. The highest BCUT2D eigenvalue weighted by molar-refractivity contribution is 6.22. The Kier molecular flexibility index (Phi) is 8.33. The topological polar surface area (TPSA) is 8.17 Å². The molecule has 0 saturated heterocycles. The van der Waals surface area contributed by atoms with Crippen molar-refractivity contribution in [2.24, 2.45) is 0 Å². The van der Waals surface area contributed by atoms with E-state index in [-0.39, 0.29) is 10.8 Å². The summed E-state index contributed by atoms with van der Waals surface area (Å²) in [4.78, 5) is 2.43. The van der Waals surface area contributed by atoms with Gasteiger partial charge in [0.05, 0.1) is 11.0 Å². The van der Waals surface area contributed by atoms with E-state index in [1.54, 1.807) is 0 Å². The van der Waals surface area contributed by atoms with E-state index >= 15 is 0 Å². The standard InChI is InChI=1S/C64H48N2/c1-63(2)56-20-12-10-18-51(56)53-34-26-45(39-58(53)63)42-24-31-48(32-25-42)65(49-33-35-54-52-19-11-13-21-57(52)64(3,4)59(54)40-49)47-29-22-41(23-30-47)44-28-36-60-55(38-44)62-50-17-9-8-14-43(50)27-37-61(62)66(60)46-15-6-5-7-16-46/h5-40H,1-4H3. The molecule has 1 heterocycles. The number of fused-ring (bicyclic) bond motifs is 11. The highest BCUT2D eigenvalue weighted by Gasteiger charge is 2.37. The van der Waals surface area contributed by atoms with Crippen LogP contribution in [0.1, 0.15) is 49.9 Å². The van der Waals surface area contributed by atoms with Gasteiger partial charge in [0.25, 0.3) is 0 Å². The van der Waals surface area contributed by atoms with E-state index in [0.717, 1.165) is 17.1 Å². The average Bonchev–Trinajstić information content (AvgIpc) is 3.91. The van der Waals surface area contributed by atoms with Gasteiger partial charge in [-0.25, -0.2) is 0 Å². The largest absolute Gasteiger partial charge is 0.310 e. The molecule has 11 aromatic rings. The Morgan fingerprint density at radius 1 is 0.333 bits per heavy atom. The first-order valence-corrected chi connectivity index (χ1v) is 23.3. The molecule has 0 aliphatic heterocycles. The summed E-state index contributed by atoms with van der Waals surface area (Å²) in [5.74, 6) is 0. The monoisotopic (exact) mass is 844 g/mol. The fraction of sp³-hybridized carbons (Fsp3) is 0.0938. The van der Waals surface area contributed by atoms with E-state index in [1.165, 1.54) is 105 Å². The van der Waals surface area contributed by atoms with Crippen LogP contribution in [0.25, 0.3) is 82.8 Å². The van der Waals surface area contributed by atoms with Crippen molar-refractivity contribution in [2.75, 3.05) is 4.90 Å². The van der Waals surface area contributed by atoms with Crippen molar-refractivity contribution in [1.29, 1.82) is 0 Å². The summed E-state index contributed by atoms with van der Waals surface area (Å²) in [5, 5.41) is 5.07. The molecule has 0 bridgehead atoms. The molecule has 0 radical (unpaired) electrons. The van der Waals surface area contributed by atoms with Crippen LogP contribution >= 0.6 is 0 Å². The van der Waals surface area contributed by atoms with Crippen molar-refractivity contribution in [3.8, 4) is 50.2 Å². The van der Waals surface area contributed by atoms with Gasteiger partial charge in [0, 0.05) is 44.4 Å². The van der Waals surface area contributed by atoms with Crippen molar-refractivity contribution >= 4 is 49.6 Å². The fourth-order valence-electron chi connectivity index (χ4n) is 11.6. The quantitative estimate of drug-likeness (QED) is 0.162. The molecule has 2 aliphatic rings. The van der Waals surface area contributed by atoms with Crippen molar-refractivity contribution in [3.05, 3.63) is 241 Å². The van der Waals surface area contributed by atoms with E-state index < -0.39 is 0 Å². The lowest BCUT2D eigenvalue weighted by molar-refractivity contribution is 0.660. The summed E-state index contributed by atoms with van der Waals surface area (Å²) < 4.78 is 2.41. The Labute approximate surface area is 386 Å². The Bertz CT molecular complexity index is 3740. The second-order valence-electron chi connectivity index (χ2n) is 19.3. The summed E-state index contributed by atoms with van der Waals surface area (Å²) >= 11 is 0. The van der Waals surface area contributed by atoms with E-state index in [0.29, 0.717) is 0 Å². The van der Waals surface area contributed by atoms with Crippen LogP contribution in [-0.4, -0.2) is 4.57 Å². The van der Waals surface area contributed by atoms with Gasteiger partial charge in [-0.2, -0.15) is 0 Å². The molecule has 0 unspecified atom stereocenters. The Morgan fingerprint density at radius 2 is 0.818 bits per heavy atom.